The van der Waals surface area contributed by atoms with Crippen LogP contribution >= 0.6 is 0 Å². The predicted octanol–water partition coefficient (Wildman–Crippen LogP) is 2.65. The Morgan fingerprint density at radius 2 is 2.11 bits per heavy atom. The Morgan fingerprint density at radius 1 is 1.33 bits per heavy atom. The third-order valence-corrected chi connectivity index (χ3v) is 3.32. The SMILES string of the molecule is COc1cc(NCCOC2CCCC2)ccc1N. The second-order valence-corrected chi connectivity index (χ2v) is 4.66. The molecule has 0 amide bonds. The van der Waals surface area contributed by atoms with Crippen LogP contribution in [0.5, 0.6) is 5.75 Å². The second kappa shape index (κ2) is 6.50. The number of nitrogens with two attached hydrogens (primary N) is 1. The summed E-state index contributed by atoms with van der Waals surface area (Å²) in [5.41, 5.74) is 7.43. The summed E-state index contributed by atoms with van der Waals surface area (Å²) in [5.74, 6) is 0.705. The summed E-state index contributed by atoms with van der Waals surface area (Å²) in [6.07, 6.45) is 5.54. The predicted molar refractivity (Wildman–Crippen MR) is 74.1 cm³/mol. The topological polar surface area (TPSA) is 56.5 Å². The average molecular weight is 250 g/mol. The van der Waals surface area contributed by atoms with Crippen LogP contribution in [0.3, 0.4) is 0 Å². The molecule has 1 fully saturated rings. The molecule has 1 aliphatic rings. The quantitative estimate of drug-likeness (QED) is 0.602. The van der Waals surface area contributed by atoms with Crippen LogP contribution in [0.2, 0.25) is 0 Å². The molecule has 0 unspecified atom stereocenters. The average Bonchev–Trinajstić information content (AvgIpc) is 2.89. The molecule has 0 aromatic heterocycles. The van der Waals surface area contributed by atoms with Gasteiger partial charge in [-0.05, 0) is 25.0 Å². The first-order valence-corrected chi connectivity index (χ1v) is 6.58. The number of anilines is 2. The van der Waals surface area contributed by atoms with Gasteiger partial charge in [0.1, 0.15) is 5.75 Å². The van der Waals surface area contributed by atoms with Gasteiger partial charge in [0.25, 0.3) is 0 Å². The highest BCUT2D eigenvalue weighted by atomic mass is 16.5. The van der Waals surface area contributed by atoms with Gasteiger partial charge in [-0.3, -0.25) is 0 Å². The number of ether oxygens (including phenoxy) is 2. The van der Waals surface area contributed by atoms with E-state index < -0.39 is 0 Å². The standard InChI is InChI=1S/C14H22N2O2/c1-17-14-10-11(6-7-13(14)15)16-8-9-18-12-4-2-3-5-12/h6-7,10,12,16H,2-5,8-9,15H2,1H3. The van der Waals surface area contributed by atoms with Crippen LogP contribution in [0.4, 0.5) is 11.4 Å². The molecule has 18 heavy (non-hydrogen) atoms. The lowest BCUT2D eigenvalue weighted by atomic mass is 10.2. The molecule has 1 aliphatic carbocycles. The van der Waals surface area contributed by atoms with Gasteiger partial charge in [-0.15, -0.1) is 0 Å². The number of nitrogen functional groups attached to an aromatic ring is 1. The number of methoxy groups -OCH3 is 1. The molecule has 1 aromatic carbocycles. The van der Waals surface area contributed by atoms with E-state index in [-0.39, 0.29) is 0 Å². The number of rotatable bonds is 6. The zero-order chi connectivity index (χ0) is 12.8. The van der Waals surface area contributed by atoms with Crippen molar-refractivity contribution < 1.29 is 9.47 Å². The van der Waals surface area contributed by atoms with E-state index in [9.17, 15) is 0 Å². The minimum atomic E-state index is 0.479. The molecular weight excluding hydrogens is 228 g/mol. The minimum absolute atomic E-state index is 0.479. The zero-order valence-electron chi connectivity index (χ0n) is 10.9. The molecule has 0 bridgehead atoms. The van der Waals surface area contributed by atoms with Crippen molar-refractivity contribution in [2.24, 2.45) is 0 Å². The first-order chi connectivity index (χ1) is 8.79. The fourth-order valence-corrected chi connectivity index (χ4v) is 2.30. The maximum absolute atomic E-state index is 5.79. The number of hydrogen-bond donors (Lipinski definition) is 2. The zero-order valence-corrected chi connectivity index (χ0v) is 10.9. The van der Waals surface area contributed by atoms with Gasteiger partial charge in [0.15, 0.2) is 0 Å². The minimum Gasteiger partial charge on any atom is -0.495 e. The maximum atomic E-state index is 5.79. The van der Waals surface area contributed by atoms with Crippen molar-refractivity contribution in [2.45, 2.75) is 31.8 Å². The van der Waals surface area contributed by atoms with Crippen LogP contribution in [-0.4, -0.2) is 26.4 Å². The van der Waals surface area contributed by atoms with Crippen LogP contribution in [0.25, 0.3) is 0 Å². The summed E-state index contributed by atoms with van der Waals surface area (Å²) < 4.78 is 11.0. The smallest absolute Gasteiger partial charge is 0.143 e. The third kappa shape index (κ3) is 3.53. The highest BCUT2D eigenvalue weighted by Crippen LogP contribution is 2.25. The van der Waals surface area contributed by atoms with Crippen molar-refractivity contribution in [2.75, 3.05) is 31.3 Å². The van der Waals surface area contributed by atoms with Crippen LogP contribution in [-0.2, 0) is 4.74 Å². The van der Waals surface area contributed by atoms with E-state index in [0.717, 1.165) is 18.8 Å². The molecule has 0 radical (unpaired) electrons. The molecule has 0 heterocycles. The van der Waals surface area contributed by atoms with Crippen LogP contribution < -0.4 is 15.8 Å². The summed E-state index contributed by atoms with van der Waals surface area (Å²) in [5, 5.41) is 3.31. The fraction of sp³-hybridized carbons (Fsp3) is 0.571. The number of nitrogens with one attached hydrogen (secondary N) is 1. The van der Waals surface area contributed by atoms with E-state index >= 15 is 0 Å². The van der Waals surface area contributed by atoms with Gasteiger partial charge in [0, 0.05) is 18.3 Å². The lowest BCUT2D eigenvalue weighted by Gasteiger charge is -2.13. The molecule has 4 heteroatoms. The summed E-state index contributed by atoms with van der Waals surface area (Å²) in [7, 11) is 1.62. The monoisotopic (exact) mass is 250 g/mol. The molecule has 0 spiro atoms. The summed E-state index contributed by atoms with van der Waals surface area (Å²) in [6, 6.07) is 5.71. The molecule has 3 N–H and O–H groups in total. The Labute approximate surface area is 108 Å². The highest BCUT2D eigenvalue weighted by Gasteiger charge is 2.14. The van der Waals surface area contributed by atoms with E-state index in [1.54, 1.807) is 7.11 Å². The molecule has 0 saturated heterocycles. The highest BCUT2D eigenvalue weighted by molar-refractivity contribution is 5.61. The molecule has 2 rings (SSSR count). The third-order valence-electron chi connectivity index (χ3n) is 3.32. The Kier molecular flexibility index (Phi) is 4.70. The van der Waals surface area contributed by atoms with Crippen molar-refractivity contribution in [1.29, 1.82) is 0 Å². The molecule has 0 atom stereocenters. The van der Waals surface area contributed by atoms with Gasteiger partial charge >= 0.3 is 0 Å². The van der Waals surface area contributed by atoms with E-state index in [1.165, 1.54) is 25.7 Å². The molecule has 100 valence electrons. The van der Waals surface area contributed by atoms with Crippen LogP contribution in [0.1, 0.15) is 25.7 Å². The second-order valence-electron chi connectivity index (χ2n) is 4.66. The van der Waals surface area contributed by atoms with E-state index in [4.69, 9.17) is 15.2 Å². The van der Waals surface area contributed by atoms with Gasteiger partial charge in [-0.1, -0.05) is 12.8 Å². The molecular formula is C14H22N2O2. The Morgan fingerprint density at radius 3 is 2.83 bits per heavy atom. The molecule has 4 nitrogen and oxygen atoms in total. The van der Waals surface area contributed by atoms with Crippen molar-refractivity contribution >= 4 is 11.4 Å². The van der Waals surface area contributed by atoms with Gasteiger partial charge in [0.2, 0.25) is 0 Å². The number of benzene rings is 1. The molecule has 1 aromatic rings. The van der Waals surface area contributed by atoms with Crippen LogP contribution in [0.15, 0.2) is 18.2 Å². The lowest BCUT2D eigenvalue weighted by Crippen LogP contribution is -2.15. The van der Waals surface area contributed by atoms with E-state index in [0.29, 0.717) is 17.5 Å². The fourth-order valence-electron chi connectivity index (χ4n) is 2.30. The van der Waals surface area contributed by atoms with Gasteiger partial charge in [-0.25, -0.2) is 0 Å². The van der Waals surface area contributed by atoms with Crippen molar-refractivity contribution in [3.05, 3.63) is 18.2 Å². The maximum Gasteiger partial charge on any atom is 0.143 e. The first kappa shape index (κ1) is 13.0. The summed E-state index contributed by atoms with van der Waals surface area (Å²) >= 11 is 0. The van der Waals surface area contributed by atoms with Crippen LogP contribution in [0, 0.1) is 0 Å². The van der Waals surface area contributed by atoms with Crippen molar-refractivity contribution in [3.63, 3.8) is 0 Å². The summed E-state index contributed by atoms with van der Waals surface area (Å²) in [4.78, 5) is 0. The number of hydrogen-bond acceptors (Lipinski definition) is 4. The largest absolute Gasteiger partial charge is 0.495 e. The molecule has 1 saturated carbocycles. The first-order valence-electron chi connectivity index (χ1n) is 6.58. The van der Waals surface area contributed by atoms with Crippen molar-refractivity contribution in [1.82, 2.24) is 0 Å². The summed E-state index contributed by atoms with van der Waals surface area (Å²) in [6.45, 7) is 1.56. The normalized spacial score (nSPS) is 15.8. The lowest BCUT2D eigenvalue weighted by molar-refractivity contribution is 0.0659. The van der Waals surface area contributed by atoms with Crippen molar-refractivity contribution in [3.8, 4) is 5.75 Å². The van der Waals surface area contributed by atoms with E-state index in [1.807, 2.05) is 18.2 Å². The van der Waals surface area contributed by atoms with Gasteiger partial charge in [-0.2, -0.15) is 0 Å². The Bertz CT molecular complexity index is 376. The Hall–Kier alpha value is -1.42. The Balaban J connectivity index is 1.72. The van der Waals surface area contributed by atoms with E-state index in [2.05, 4.69) is 5.32 Å². The van der Waals surface area contributed by atoms with Gasteiger partial charge < -0.3 is 20.5 Å². The van der Waals surface area contributed by atoms with Gasteiger partial charge in [0.05, 0.1) is 25.5 Å². The molecule has 0 aliphatic heterocycles.